The minimum absolute atomic E-state index is 0.0309. The number of aliphatic hydroxyl groups excluding tert-OH is 1. The lowest BCUT2D eigenvalue weighted by Crippen LogP contribution is -2.54. The average molecular weight is 453 g/mol. The Morgan fingerprint density at radius 3 is 2.18 bits per heavy atom. The van der Waals surface area contributed by atoms with Crippen LogP contribution in [0, 0.1) is 5.92 Å². The van der Waals surface area contributed by atoms with Crippen molar-refractivity contribution in [3.8, 4) is 11.1 Å². The number of carbonyl (C=O) groups is 3. The maximum Gasteiger partial charge on any atom is 0.407 e. The molecule has 1 heterocycles. The third-order valence-corrected chi connectivity index (χ3v) is 6.40. The number of carboxylic acid groups (broad SMARTS) is 1. The first kappa shape index (κ1) is 22.8. The number of hydrogen-bond donors (Lipinski definition) is 3. The number of alkyl carbamates (subject to hydrolysis) is 1. The number of aliphatic hydroxyl groups is 1. The highest BCUT2D eigenvalue weighted by Crippen LogP contribution is 2.44. The van der Waals surface area contributed by atoms with Gasteiger partial charge in [0, 0.05) is 18.9 Å². The number of β-amino-alcohol motifs (C(OH)–C–C–N with tert-alkyl or cyclic N) is 1. The molecule has 0 saturated carbocycles. The first-order valence-electron chi connectivity index (χ1n) is 11.1. The number of likely N-dealkylation sites (tertiary alicyclic amines) is 1. The number of carbonyl (C=O) groups excluding carboxylic acids is 2. The molecule has 2 amide bonds. The van der Waals surface area contributed by atoms with Crippen LogP contribution in [0.15, 0.2) is 48.5 Å². The molecule has 0 spiro atoms. The first-order valence-corrected chi connectivity index (χ1v) is 11.1. The number of nitrogens with zero attached hydrogens (tertiary/aromatic N) is 1. The van der Waals surface area contributed by atoms with Crippen molar-refractivity contribution in [1.29, 1.82) is 0 Å². The summed E-state index contributed by atoms with van der Waals surface area (Å²) in [5, 5.41) is 21.9. The van der Waals surface area contributed by atoms with Crippen LogP contribution in [-0.2, 0) is 14.3 Å². The highest BCUT2D eigenvalue weighted by molar-refractivity contribution is 5.90. The molecule has 8 heteroatoms. The summed E-state index contributed by atoms with van der Waals surface area (Å²) < 4.78 is 5.54. The zero-order valence-electron chi connectivity index (χ0n) is 18.6. The number of fused-ring (bicyclic) bond motifs is 3. The molecule has 2 aromatic carbocycles. The first-order chi connectivity index (χ1) is 15.8. The molecule has 2 aliphatic rings. The van der Waals surface area contributed by atoms with E-state index in [1.165, 1.54) is 0 Å². The van der Waals surface area contributed by atoms with Gasteiger partial charge in [-0.15, -0.1) is 0 Å². The smallest absolute Gasteiger partial charge is 0.407 e. The summed E-state index contributed by atoms with van der Waals surface area (Å²) in [7, 11) is 0. The minimum Gasteiger partial charge on any atom is -0.480 e. The van der Waals surface area contributed by atoms with Gasteiger partial charge >= 0.3 is 12.1 Å². The van der Waals surface area contributed by atoms with Crippen LogP contribution in [0.2, 0.25) is 0 Å². The summed E-state index contributed by atoms with van der Waals surface area (Å²) in [5.74, 6) is -2.13. The van der Waals surface area contributed by atoms with Crippen LogP contribution in [0.1, 0.15) is 37.3 Å². The topological polar surface area (TPSA) is 116 Å². The third kappa shape index (κ3) is 4.43. The predicted molar refractivity (Wildman–Crippen MR) is 121 cm³/mol. The predicted octanol–water partition coefficient (Wildman–Crippen LogP) is 2.60. The van der Waals surface area contributed by atoms with E-state index in [1.807, 2.05) is 48.5 Å². The van der Waals surface area contributed by atoms with Crippen LogP contribution >= 0.6 is 0 Å². The fourth-order valence-corrected chi connectivity index (χ4v) is 4.75. The van der Waals surface area contributed by atoms with Gasteiger partial charge in [-0.3, -0.25) is 4.79 Å². The summed E-state index contributed by atoms with van der Waals surface area (Å²) in [5.41, 5.74) is 4.39. The van der Waals surface area contributed by atoms with Gasteiger partial charge in [-0.1, -0.05) is 62.4 Å². The molecular weight excluding hydrogens is 424 g/mol. The number of benzene rings is 2. The Morgan fingerprint density at radius 1 is 1.06 bits per heavy atom. The maximum atomic E-state index is 13.1. The lowest BCUT2D eigenvalue weighted by molar-refractivity contribution is -0.149. The largest absolute Gasteiger partial charge is 0.480 e. The van der Waals surface area contributed by atoms with Crippen molar-refractivity contribution in [1.82, 2.24) is 10.2 Å². The van der Waals surface area contributed by atoms with Crippen LogP contribution in [0.5, 0.6) is 0 Å². The monoisotopic (exact) mass is 452 g/mol. The Balaban J connectivity index is 1.44. The second-order valence-electron chi connectivity index (χ2n) is 8.93. The van der Waals surface area contributed by atoms with E-state index >= 15 is 0 Å². The molecule has 174 valence electrons. The van der Waals surface area contributed by atoms with Crippen molar-refractivity contribution >= 4 is 18.0 Å². The van der Waals surface area contributed by atoms with Gasteiger partial charge in [0.2, 0.25) is 5.91 Å². The molecule has 0 radical (unpaired) electrons. The number of ether oxygens (including phenoxy) is 1. The van der Waals surface area contributed by atoms with Gasteiger partial charge in [-0.25, -0.2) is 9.59 Å². The molecule has 1 aliphatic heterocycles. The Bertz CT molecular complexity index is 1020. The van der Waals surface area contributed by atoms with Crippen molar-refractivity contribution in [2.45, 2.75) is 44.4 Å². The maximum absolute atomic E-state index is 13.1. The lowest BCUT2D eigenvalue weighted by atomic mass is 9.98. The Kier molecular flexibility index (Phi) is 6.37. The van der Waals surface area contributed by atoms with Crippen molar-refractivity contribution in [2.24, 2.45) is 5.92 Å². The summed E-state index contributed by atoms with van der Waals surface area (Å²) in [6.45, 7) is 3.55. The van der Waals surface area contributed by atoms with Gasteiger partial charge in [0.25, 0.3) is 0 Å². The SMILES string of the molecule is CC(C)[C@H](NC(=O)OCC1c2ccccc2-c2ccccc21)C(=O)N1C[C@H](O)C[C@H]1C(=O)O. The van der Waals surface area contributed by atoms with Crippen LogP contribution in [0.4, 0.5) is 4.79 Å². The molecule has 0 unspecified atom stereocenters. The fourth-order valence-electron chi connectivity index (χ4n) is 4.75. The molecule has 1 fully saturated rings. The number of hydrogen-bond acceptors (Lipinski definition) is 5. The van der Waals surface area contributed by atoms with Crippen molar-refractivity contribution in [3.05, 3.63) is 59.7 Å². The van der Waals surface area contributed by atoms with Crippen molar-refractivity contribution < 1.29 is 29.3 Å². The van der Waals surface area contributed by atoms with E-state index in [0.29, 0.717) is 0 Å². The molecule has 0 bridgehead atoms. The van der Waals surface area contributed by atoms with Gasteiger partial charge in [0.05, 0.1) is 6.10 Å². The summed E-state index contributed by atoms with van der Waals surface area (Å²) in [6.07, 6.45) is -1.68. The molecule has 1 saturated heterocycles. The Hall–Kier alpha value is -3.39. The normalized spacial score (nSPS) is 20.3. The third-order valence-electron chi connectivity index (χ3n) is 6.40. The number of nitrogens with one attached hydrogen (secondary N) is 1. The van der Waals surface area contributed by atoms with Gasteiger partial charge in [0.15, 0.2) is 0 Å². The van der Waals surface area contributed by atoms with E-state index in [2.05, 4.69) is 5.32 Å². The number of rotatable bonds is 6. The molecule has 0 aromatic heterocycles. The summed E-state index contributed by atoms with van der Waals surface area (Å²) in [6, 6.07) is 13.9. The average Bonchev–Trinajstić information content (AvgIpc) is 3.34. The fraction of sp³-hybridized carbons (Fsp3) is 0.400. The second-order valence-corrected chi connectivity index (χ2v) is 8.93. The Morgan fingerprint density at radius 2 is 1.64 bits per heavy atom. The second kappa shape index (κ2) is 9.23. The van der Waals surface area contributed by atoms with Gasteiger partial charge < -0.3 is 25.2 Å². The van der Waals surface area contributed by atoms with Gasteiger partial charge in [-0.2, -0.15) is 0 Å². The van der Waals surface area contributed by atoms with Crippen LogP contribution in [-0.4, -0.2) is 64.4 Å². The van der Waals surface area contributed by atoms with E-state index in [-0.39, 0.29) is 31.4 Å². The zero-order chi connectivity index (χ0) is 23.7. The van der Waals surface area contributed by atoms with Gasteiger partial charge in [-0.05, 0) is 28.2 Å². The molecule has 33 heavy (non-hydrogen) atoms. The number of aliphatic carboxylic acids is 1. The van der Waals surface area contributed by atoms with Crippen LogP contribution in [0.25, 0.3) is 11.1 Å². The molecular formula is C25H28N2O6. The van der Waals surface area contributed by atoms with Gasteiger partial charge in [0.1, 0.15) is 18.7 Å². The quantitative estimate of drug-likeness (QED) is 0.620. The molecule has 1 aliphatic carbocycles. The van der Waals surface area contributed by atoms with Crippen molar-refractivity contribution in [2.75, 3.05) is 13.2 Å². The molecule has 2 aromatic rings. The van der Waals surface area contributed by atoms with Crippen molar-refractivity contribution in [3.63, 3.8) is 0 Å². The molecule has 3 N–H and O–H groups in total. The van der Waals surface area contributed by atoms with E-state index in [9.17, 15) is 24.6 Å². The molecule has 8 nitrogen and oxygen atoms in total. The highest BCUT2D eigenvalue weighted by atomic mass is 16.5. The molecule has 4 rings (SSSR count). The summed E-state index contributed by atoms with van der Waals surface area (Å²) in [4.78, 5) is 38.4. The lowest BCUT2D eigenvalue weighted by Gasteiger charge is -2.29. The molecule has 3 atom stereocenters. The van der Waals surface area contributed by atoms with E-state index < -0.39 is 36.2 Å². The zero-order valence-corrected chi connectivity index (χ0v) is 18.6. The number of carboxylic acids is 1. The van der Waals surface area contributed by atoms with E-state index in [4.69, 9.17) is 4.74 Å². The number of amides is 2. The Labute approximate surface area is 192 Å². The van der Waals surface area contributed by atoms with Crippen LogP contribution < -0.4 is 5.32 Å². The van der Waals surface area contributed by atoms with E-state index in [1.54, 1.807) is 13.8 Å². The summed E-state index contributed by atoms with van der Waals surface area (Å²) >= 11 is 0. The van der Waals surface area contributed by atoms with Crippen LogP contribution in [0.3, 0.4) is 0 Å². The standard InChI is InChI=1S/C25H28N2O6/c1-14(2)22(23(29)27-12-15(28)11-21(27)24(30)31)26-25(32)33-13-20-18-9-5-3-7-16(18)17-8-4-6-10-19(17)20/h3-10,14-15,20-22,28H,11-13H2,1-2H3,(H,26,32)(H,30,31)/t15-,21+,22+/m1/s1. The highest BCUT2D eigenvalue weighted by Gasteiger charge is 2.42. The van der Waals surface area contributed by atoms with E-state index in [0.717, 1.165) is 27.2 Å². The minimum atomic E-state index is -1.18.